The molecule has 3 saturated heterocycles. The maximum Gasteiger partial charge on any atom is 0.303 e. The number of aromatic hydroxyl groups is 1. The molecule has 0 bridgehead atoms. The van der Waals surface area contributed by atoms with Crippen molar-refractivity contribution in [3.05, 3.63) is 120 Å². The van der Waals surface area contributed by atoms with Gasteiger partial charge in [-0.3, -0.25) is 86.9 Å². The number of hydrogen-bond donors (Lipinski definition) is 22. The number of phenols is 1. The summed E-state index contributed by atoms with van der Waals surface area (Å²) in [6.45, 7) is 2.33. The van der Waals surface area contributed by atoms with Crippen LogP contribution in [0, 0.1) is 5.41 Å². The summed E-state index contributed by atoms with van der Waals surface area (Å²) in [7, 11) is 3.94. The first kappa shape index (κ1) is 107. The molecule has 0 radical (unpaired) electrons. The number of nitrogens with one attached hydrogen (secondary N) is 15. The zero-order valence-corrected chi connectivity index (χ0v) is 78.4. The number of amides is 16. The van der Waals surface area contributed by atoms with Crippen LogP contribution in [0.2, 0.25) is 0 Å². The largest absolute Gasteiger partial charge is 0.508 e. The number of thioether (sulfide) groups is 1. The number of primary amides is 1. The molecule has 0 saturated carbocycles. The number of aliphatic carboxylic acids is 1. The lowest BCUT2D eigenvalue weighted by Crippen LogP contribution is -2.61. The smallest absolute Gasteiger partial charge is 0.303 e. The quantitative estimate of drug-likeness (QED) is 0.0130. The van der Waals surface area contributed by atoms with Crippen LogP contribution in [-0.4, -0.2) is 334 Å². The van der Waals surface area contributed by atoms with E-state index < -0.39 is 248 Å². The predicted molar refractivity (Wildman–Crippen MR) is 502 cm³/mol. The Kier molecular flexibility index (Phi) is 40.4. The van der Waals surface area contributed by atoms with Crippen LogP contribution in [0.3, 0.4) is 0 Å². The lowest BCUT2D eigenvalue weighted by atomic mass is 9.99. The summed E-state index contributed by atoms with van der Waals surface area (Å²) in [4.78, 5) is 269. The predicted octanol–water partition coefficient (Wildman–Crippen LogP) is -3.25. The fraction of sp³-hybridized carbons (Fsp3) is 0.527. The Balaban J connectivity index is 1.11. The van der Waals surface area contributed by atoms with E-state index in [1.165, 1.54) is 69.8 Å². The Morgan fingerprint density at radius 1 is 0.547 bits per heavy atom. The number of unbranched alkanes of at least 4 members (excludes halogenated alkanes) is 3. The van der Waals surface area contributed by atoms with E-state index in [-0.39, 0.29) is 102 Å². The van der Waals surface area contributed by atoms with Crippen LogP contribution in [-0.2, 0) is 107 Å². The summed E-state index contributed by atoms with van der Waals surface area (Å²) in [6.07, 6.45) is 3.27. The van der Waals surface area contributed by atoms with Gasteiger partial charge in [-0.15, -0.1) is 11.8 Å². The molecule has 6 heterocycles. The molecule has 744 valence electrons. The number of carbonyl (C=O) groups excluding carboxylic acids is 16. The van der Waals surface area contributed by atoms with Crippen LogP contribution in [0.15, 0.2) is 97.7 Å². The number of hydrogen-bond acceptors (Lipinski definition) is 24. The number of aliphatic hydroxyl groups is 2. The fourth-order valence-electron chi connectivity index (χ4n) is 16.8. The fourth-order valence-corrected chi connectivity index (χ4v) is 17.7. The molecule has 137 heavy (non-hydrogen) atoms. The average molecular weight is 1930 g/mol. The lowest BCUT2D eigenvalue weighted by Gasteiger charge is -2.36. The van der Waals surface area contributed by atoms with Gasteiger partial charge in [-0.2, -0.15) is 0 Å². The molecule has 45 nitrogen and oxygen atoms in total. The van der Waals surface area contributed by atoms with Crippen molar-refractivity contribution < 1.29 is 102 Å². The van der Waals surface area contributed by atoms with Crippen LogP contribution < -0.4 is 75.7 Å². The number of carboxylic acids is 1. The van der Waals surface area contributed by atoms with Gasteiger partial charge in [-0.1, -0.05) is 94.5 Å². The van der Waals surface area contributed by atoms with Gasteiger partial charge in [0, 0.05) is 131 Å². The highest BCUT2D eigenvalue weighted by molar-refractivity contribution is 8.00. The number of phenolic OH excluding ortho intramolecular Hbond substituents is 1. The van der Waals surface area contributed by atoms with Crippen LogP contribution >= 0.6 is 11.8 Å². The van der Waals surface area contributed by atoms with Crippen molar-refractivity contribution in [3.8, 4) is 5.75 Å². The van der Waals surface area contributed by atoms with Crippen LogP contribution in [0.4, 0.5) is 0 Å². The van der Waals surface area contributed by atoms with E-state index in [4.69, 9.17) is 22.6 Å². The number of aromatic nitrogens is 4. The first-order valence-electron chi connectivity index (χ1n) is 45.8. The Morgan fingerprint density at radius 3 is 1.71 bits per heavy atom. The second-order valence-electron chi connectivity index (χ2n) is 34.5. The molecular formula is C91H128N24O21S. The van der Waals surface area contributed by atoms with E-state index in [0.717, 1.165) is 31.4 Å². The zero-order valence-electron chi connectivity index (χ0n) is 77.5. The summed E-state index contributed by atoms with van der Waals surface area (Å²) >= 11 is 0.773. The molecule has 15 atom stereocenters. The van der Waals surface area contributed by atoms with E-state index in [1.54, 1.807) is 60.9 Å². The van der Waals surface area contributed by atoms with Crippen LogP contribution in [0.5, 0.6) is 5.75 Å². The molecule has 3 aromatic heterocycles. The van der Waals surface area contributed by atoms with Crippen molar-refractivity contribution in [3.63, 3.8) is 0 Å². The molecule has 6 aromatic rings. The van der Waals surface area contributed by atoms with Gasteiger partial charge in [-0.25, -0.2) is 4.98 Å². The maximum atomic E-state index is 15.8. The number of para-hydroxylation sites is 2. The molecule has 3 aliphatic heterocycles. The highest BCUT2D eigenvalue weighted by atomic mass is 32.2. The number of fused-ring (bicyclic) bond motifs is 4. The SMILES string of the molecule is CCCCC[C@H]1C(=O)N(C)[C@@H](CCCC)C(=O)N[C@@H](CCCNC(=N)N)C(=O)N[C@H](C(=O)NCC(N)=O)CSCC(=O)N[C@@H](Cc2ccc(O)cc2)C(=O)N(C)[C@@H](C)C(=O)N[C@@H](CCN)C(=O)N2CCC[C@H]2C(=O)N[C@@H](Cc2cnc[nH]2)C(=O)N[C@@H](CCC(=O)O)C(=O)N2C[C@H](O)C[C@H]2C(=O)N[C@@H](Cc2c[nH]c3ccccc23)C(=O)N[C@@H](CO)C(=O)N[C@@H](Cc2c[nH]c3ccccc23)C(=O)N1C. The van der Waals surface area contributed by atoms with Crippen LogP contribution in [0.1, 0.15) is 139 Å². The minimum absolute atomic E-state index is 0.00554. The highest BCUT2D eigenvalue weighted by Gasteiger charge is 2.47. The van der Waals surface area contributed by atoms with Gasteiger partial charge in [0.15, 0.2) is 5.96 Å². The molecular weight excluding hydrogens is 1800 g/mol. The topological polar surface area (TPSA) is 682 Å². The minimum atomic E-state index is -1.93. The Morgan fingerprint density at radius 2 is 1.09 bits per heavy atom. The van der Waals surface area contributed by atoms with Gasteiger partial charge in [0.2, 0.25) is 94.5 Å². The molecule has 0 aliphatic carbocycles. The van der Waals surface area contributed by atoms with E-state index in [2.05, 4.69) is 78.4 Å². The lowest BCUT2D eigenvalue weighted by molar-refractivity contribution is -0.149. The first-order valence-corrected chi connectivity index (χ1v) is 47.0. The number of nitrogens with two attached hydrogens (primary N) is 3. The van der Waals surface area contributed by atoms with Gasteiger partial charge in [0.1, 0.15) is 90.3 Å². The molecule has 0 spiro atoms. The Labute approximate surface area is 794 Å². The number of guanidine groups is 1. The summed E-state index contributed by atoms with van der Waals surface area (Å²) in [5.74, 6) is -18.2. The molecule has 25 N–H and O–H groups in total. The van der Waals surface area contributed by atoms with Gasteiger partial charge < -0.3 is 136 Å². The van der Waals surface area contributed by atoms with Gasteiger partial charge in [0.05, 0.1) is 31.3 Å². The molecule has 0 unspecified atom stereocenters. The monoisotopic (exact) mass is 1920 g/mol. The number of imidazole rings is 1. The van der Waals surface area contributed by atoms with Crippen LogP contribution in [0.25, 0.3) is 21.8 Å². The van der Waals surface area contributed by atoms with E-state index in [0.29, 0.717) is 70.6 Å². The number of likely N-dealkylation sites (N-methyl/N-ethyl adjacent to an activating group) is 3. The van der Waals surface area contributed by atoms with Crippen molar-refractivity contribution in [2.75, 3.05) is 72.0 Å². The number of aliphatic hydroxyl groups excluding tert-OH is 2. The van der Waals surface area contributed by atoms with Crippen molar-refractivity contribution in [2.24, 2.45) is 17.2 Å². The molecule has 3 fully saturated rings. The number of benzene rings is 3. The Bertz CT molecular complexity index is 5250. The second-order valence-corrected chi connectivity index (χ2v) is 35.6. The molecule has 9 rings (SSSR count). The summed E-state index contributed by atoms with van der Waals surface area (Å²) in [5, 5.41) is 81.0. The standard InChI is InChI=1S/C91H128N24O21S/c1-7-9-11-24-72-90(136)112(5)70(23-10-8-2)83(129)103-61(22-16-34-97-91(94)95)79(125)110-69(78(124)100-44-74(93)119)47-137-48-75(120)102-66(36-51-26-28-55(117)29-27-51)86(132)111(4)50(3)77(123)104-63(32-33-92)88(134)114-35-17-25-71(114)84(130)107-65(39-54-43-96-49-101-54)81(127)105-62(30-31-76(121)122)89(135)115-45-56(118)40-73(115)85(131)106-64(37-52-41-98-59-20-14-12-18-57(52)59)80(126)109-68(46-116)82(128)108-67(87(133)113(72)6)38-53-42-99-60-21-15-13-19-58(53)60/h12-15,18-21,26-29,41-43,49-50,56,61-73,98-99,116-118H,7-11,16-17,22-25,30-40,44-48,92H2,1-6H3,(H2,93,119)(H,96,101)(H,100,124)(H,102,120)(H,103,129)(H,104,123)(H,105,127)(H,106,131)(H,107,130)(H,108,128)(H,109,126)(H,110,125)(H,121,122)(H4,94,95,97)/t50-,56+,61-,62-,63-,64-,65-,66-,67-,68-,69-,70-,71-,72-,73-/m0/s1. The maximum absolute atomic E-state index is 15.8. The average Bonchev–Trinajstić information content (AvgIpc) is 1.71. The number of aromatic amines is 3. The van der Waals surface area contributed by atoms with Crippen molar-refractivity contribution >= 4 is 140 Å². The van der Waals surface area contributed by atoms with Gasteiger partial charge >= 0.3 is 5.97 Å². The van der Waals surface area contributed by atoms with E-state index >= 15 is 38.4 Å². The third kappa shape index (κ3) is 30.1. The third-order valence-electron chi connectivity index (χ3n) is 24.6. The van der Waals surface area contributed by atoms with Crippen molar-refractivity contribution in [1.82, 2.24) is 103 Å². The number of nitrogens with zero attached hydrogens (tertiary/aromatic N) is 6. The summed E-state index contributed by atoms with van der Waals surface area (Å²) in [6, 6.07) is -2.56. The van der Waals surface area contributed by atoms with E-state index in [9.17, 15) is 63.6 Å². The summed E-state index contributed by atoms with van der Waals surface area (Å²) in [5.41, 5.74) is 20.0. The van der Waals surface area contributed by atoms with Crippen molar-refractivity contribution in [1.29, 1.82) is 5.41 Å². The first-order chi connectivity index (χ1) is 65.4. The molecule has 3 aliphatic rings. The van der Waals surface area contributed by atoms with Crippen molar-refractivity contribution in [2.45, 2.75) is 233 Å². The highest BCUT2D eigenvalue weighted by Crippen LogP contribution is 2.28. The number of rotatable bonds is 28. The molecule has 3 aromatic carbocycles. The Hall–Kier alpha value is -13.8. The number of carbonyl (C=O) groups is 17. The zero-order chi connectivity index (χ0) is 99.9. The minimum Gasteiger partial charge on any atom is -0.508 e. The number of H-pyrrole nitrogens is 3. The second kappa shape index (κ2) is 51.8. The van der Waals surface area contributed by atoms with Gasteiger partial charge in [0.25, 0.3) is 0 Å². The molecule has 16 amide bonds. The van der Waals surface area contributed by atoms with Gasteiger partial charge in [-0.05, 0) is 106 Å². The normalized spacial score (nSPS) is 24.5. The van der Waals surface area contributed by atoms with E-state index in [1.807, 2.05) is 13.8 Å². The third-order valence-corrected chi connectivity index (χ3v) is 25.6. The number of carboxylic acid groups (broad SMARTS) is 1. The summed E-state index contributed by atoms with van der Waals surface area (Å²) < 4.78 is 0. The molecule has 46 heteroatoms.